The van der Waals surface area contributed by atoms with E-state index in [1.165, 1.54) is 0 Å². The van der Waals surface area contributed by atoms with Crippen molar-refractivity contribution in [2.45, 2.75) is 12.8 Å². The molecule has 1 aromatic carbocycles. The molecule has 0 aliphatic carbocycles. The second kappa shape index (κ2) is 6.48. The van der Waals surface area contributed by atoms with Crippen LogP contribution >= 0.6 is 15.9 Å². The van der Waals surface area contributed by atoms with Gasteiger partial charge in [0.15, 0.2) is 0 Å². The largest absolute Gasteiger partial charge is 0.490 e. The fourth-order valence-electron chi connectivity index (χ4n) is 1.24. The van der Waals surface area contributed by atoms with Crippen LogP contribution in [0.15, 0.2) is 22.7 Å². The van der Waals surface area contributed by atoms with Gasteiger partial charge in [0.2, 0.25) is 0 Å². The summed E-state index contributed by atoms with van der Waals surface area (Å²) in [6.07, 6.45) is 1.26. The topological polar surface area (TPSA) is 59.1 Å². The molecule has 0 fully saturated rings. The van der Waals surface area contributed by atoms with Gasteiger partial charge in [0, 0.05) is 6.42 Å². The SMILES string of the molecule is N=C(N)CCc1ccc(OCCF)c(Br)c1. The predicted octanol–water partition coefficient (Wildman–Crippen LogP) is 2.67. The first-order chi connectivity index (χ1) is 7.63. The number of ether oxygens (including phenoxy) is 1. The third-order valence-electron chi connectivity index (χ3n) is 2.01. The molecule has 88 valence electrons. The third-order valence-corrected chi connectivity index (χ3v) is 2.63. The summed E-state index contributed by atoms with van der Waals surface area (Å²) < 4.78 is 17.9. The number of rotatable bonds is 6. The highest BCUT2D eigenvalue weighted by Crippen LogP contribution is 2.26. The maximum Gasteiger partial charge on any atom is 0.133 e. The maximum absolute atomic E-state index is 11.9. The van der Waals surface area contributed by atoms with Crippen molar-refractivity contribution in [1.82, 2.24) is 0 Å². The zero-order valence-corrected chi connectivity index (χ0v) is 10.4. The van der Waals surface area contributed by atoms with Crippen LogP contribution in [0.25, 0.3) is 0 Å². The molecule has 0 amide bonds. The van der Waals surface area contributed by atoms with E-state index < -0.39 is 6.67 Å². The van der Waals surface area contributed by atoms with Crippen molar-refractivity contribution in [2.24, 2.45) is 5.73 Å². The first-order valence-electron chi connectivity index (χ1n) is 4.93. The molecule has 0 bridgehead atoms. The Morgan fingerprint density at radius 3 is 2.81 bits per heavy atom. The zero-order chi connectivity index (χ0) is 12.0. The molecule has 0 heterocycles. The number of alkyl halides is 1. The summed E-state index contributed by atoms with van der Waals surface area (Å²) in [4.78, 5) is 0. The van der Waals surface area contributed by atoms with Crippen LogP contribution in [0.1, 0.15) is 12.0 Å². The van der Waals surface area contributed by atoms with E-state index in [9.17, 15) is 4.39 Å². The summed E-state index contributed by atoms with van der Waals surface area (Å²) in [6, 6.07) is 5.58. The number of halogens is 2. The van der Waals surface area contributed by atoms with Gasteiger partial charge in [0.1, 0.15) is 19.0 Å². The molecular weight excluding hydrogens is 275 g/mol. The van der Waals surface area contributed by atoms with Crippen LogP contribution in [0.4, 0.5) is 4.39 Å². The van der Waals surface area contributed by atoms with Crippen molar-refractivity contribution >= 4 is 21.8 Å². The lowest BCUT2D eigenvalue weighted by Crippen LogP contribution is -2.10. The average molecular weight is 289 g/mol. The van der Waals surface area contributed by atoms with Gasteiger partial charge in [0.25, 0.3) is 0 Å². The molecule has 0 aliphatic heterocycles. The molecule has 3 N–H and O–H groups in total. The molecule has 0 atom stereocenters. The Balaban J connectivity index is 2.63. The molecule has 1 aromatic rings. The second-order valence-electron chi connectivity index (χ2n) is 3.33. The number of hydrogen-bond acceptors (Lipinski definition) is 2. The van der Waals surface area contributed by atoms with Crippen LogP contribution in [0.5, 0.6) is 5.75 Å². The highest BCUT2D eigenvalue weighted by atomic mass is 79.9. The van der Waals surface area contributed by atoms with Crippen LogP contribution in [-0.2, 0) is 6.42 Å². The quantitative estimate of drug-likeness (QED) is 0.625. The highest BCUT2D eigenvalue weighted by Gasteiger charge is 2.03. The summed E-state index contributed by atoms with van der Waals surface area (Å²) in [5.74, 6) is 0.804. The van der Waals surface area contributed by atoms with Crippen LogP contribution in [0.2, 0.25) is 0 Å². The Hall–Kier alpha value is -1.10. The zero-order valence-electron chi connectivity index (χ0n) is 8.80. The Morgan fingerprint density at radius 2 is 2.25 bits per heavy atom. The van der Waals surface area contributed by atoms with Gasteiger partial charge in [-0.1, -0.05) is 6.07 Å². The Labute approximate surface area is 102 Å². The van der Waals surface area contributed by atoms with E-state index in [0.717, 1.165) is 16.5 Å². The number of benzene rings is 1. The van der Waals surface area contributed by atoms with E-state index >= 15 is 0 Å². The molecular formula is C11H14BrFN2O. The molecule has 0 radical (unpaired) electrons. The number of aryl methyl sites for hydroxylation is 1. The first kappa shape index (κ1) is 13.0. The van der Waals surface area contributed by atoms with Crippen molar-refractivity contribution in [3.63, 3.8) is 0 Å². The number of nitrogens with one attached hydrogen (secondary N) is 1. The molecule has 0 saturated heterocycles. The van der Waals surface area contributed by atoms with E-state index in [4.69, 9.17) is 15.9 Å². The van der Waals surface area contributed by atoms with Gasteiger partial charge in [-0.15, -0.1) is 0 Å². The summed E-state index contributed by atoms with van der Waals surface area (Å²) in [6.45, 7) is -0.441. The number of hydrogen-bond donors (Lipinski definition) is 2. The normalized spacial score (nSPS) is 10.1. The second-order valence-corrected chi connectivity index (χ2v) is 4.18. The molecule has 0 unspecified atom stereocenters. The van der Waals surface area contributed by atoms with E-state index in [1.54, 1.807) is 6.07 Å². The fourth-order valence-corrected chi connectivity index (χ4v) is 1.79. The molecule has 0 aliphatic rings. The van der Waals surface area contributed by atoms with Gasteiger partial charge in [-0.2, -0.15) is 0 Å². The summed E-state index contributed by atoms with van der Waals surface area (Å²) in [7, 11) is 0. The monoisotopic (exact) mass is 288 g/mol. The average Bonchev–Trinajstić information content (AvgIpc) is 2.25. The van der Waals surface area contributed by atoms with Gasteiger partial charge < -0.3 is 10.5 Å². The van der Waals surface area contributed by atoms with Gasteiger partial charge in [-0.3, -0.25) is 5.41 Å². The van der Waals surface area contributed by atoms with Gasteiger partial charge in [-0.25, -0.2) is 4.39 Å². The minimum Gasteiger partial charge on any atom is -0.490 e. The summed E-state index contributed by atoms with van der Waals surface area (Å²) >= 11 is 3.35. The Kier molecular flexibility index (Phi) is 5.25. The molecule has 16 heavy (non-hydrogen) atoms. The lowest BCUT2D eigenvalue weighted by Gasteiger charge is -2.08. The van der Waals surface area contributed by atoms with Crippen LogP contribution < -0.4 is 10.5 Å². The lowest BCUT2D eigenvalue weighted by atomic mass is 10.1. The summed E-state index contributed by atoms with van der Waals surface area (Å²) in [5.41, 5.74) is 6.34. The van der Waals surface area contributed by atoms with E-state index in [0.29, 0.717) is 12.2 Å². The minimum atomic E-state index is -0.501. The van der Waals surface area contributed by atoms with Gasteiger partial charge in [-0.05, 0) is 40.0 Å². The van der Waals surface area contributed by atoms with Crippen LogP contribution in [0, 0.1) is 5.41 Å². The molecule has 0 spiro atoms. The Morgan fingerprint density at radius 1 is 1.50 bits per heavy atom. The predicted molar refractivity (Wildman–Crippen MR) is 65.8 cm³/mol. The van der Waals surface area contributed by atoms with E-state index in [1.807, 2.05) is 12.1 Å². The third kappa shape index (κ3) is 4.18. The molecule has 0 aromatic heterocycles. The molecule has 1 rings (SSSR count). The van der Waals surface area contributed by atoms with Crippen molar-refractivity contribution < 1.29 is 9.13 Å². The highest BCUT2D eigenvalue weighted by molar-refractivity contribution is 9.10. The molecule has 5 heteroatoms. The van der Waals surface area contributed by atoms with Crippen molar-refractivity contribution in [1.29, 1.82) is 5.41 Å². The van der Waals surface area contributed by atoms with Crippen molar-refractivity contribution in [2.75, 3.05) is 13.3 Å². The number of amidine groups is 1. The Bertz CT molecular complexity index is 371. The van der Waals surface area contributed by atoms with Gasteiger partial charge >= 0.3 is 0 Å². The standard InChI is InChI=1S/C11H14BrFN2O/c12-9-7-8(2-4-11(14)15)1-3-10(9)16-6-5-13/h1,3,7H,2,4-6H2,(H3,14,15). The lowest BCUT2D eigenvalue weighted by molar-refractivity contribution is 0.272. The molecule has 0 saturated carbocycles. The van der Waals surface area contributed by atoms with Crippen LogP contribution in [-0.4, -0.2) is 19.1 Å². The van der Waals surface area contributed by atoms with E-state index in [2.05, 4.69) is 15.9 Å². The smallest absolute Gasteiger partial charge is 0.133 e. The fraction of sp³-hybridized carbons (Fsp3) is 0.364. The van der Waals surface area contributed by atoms with Crippen molar-refractivity contribution in [3.8, 4) is 5.75 Å². The number of nitrogens with two attached hydrogens (primary N) is 1. The maximum atomic E-state index is 11.9. The van der Waals surface area contributed by atoms with Gasteiger partial charge in [0.05, 0.1) is 10.3 Å². The first-order valence-corrected chi connectivity index (χ1v) is 5.73. The van der Waals surface area contributed by atoms with E-state index in [-0.39, 0.29) is 12.4 Å². The molecule has 3 nitrogen and oxygen atoms in total. The minimum absolute atomic E-state index is 0.0609. The van der Waals surface area contributed by atoms with Crippen LogP contribution in [0.3, 0.4) is 0 Å². The summed E-state index contributed by atoms with van der Waals surface area (Å²) in [5, 5.41) is 7.13. The van der Waals surface area contributed by atoms with Crippen molar-refractivity contribution in [3.05, 3.63) is 28.2 Å².